The molecular formula is C23H28O3. The summed E-state index contributed by atoms with van der Waals surface area (Å²) in [5, 5.41) is 0. The van der Waals surface area contributed by atoms with Crippen molar-refractivity contribution in [2.45, 2.75) is 38.6 Å². The van der Waals surface area contributed by atoms with Crippen molar-refractivity contribution in [1.29, 1.82) is 0 Å². The Morgan fingerprint density at radius 1 is 1.23 bits per heavy atom. The van der Waals surface area contributed by atoms with Crippen molar-refractivity contribution in [3.8, 4) is 0 Å². The Morgan fingerprint density at radius 3 is 2.69 bits per heavy atom. The molecule has 138 valence electrons. The van der Waals surface area contributed by atoms with Gasteiger partial charge in [0.15, 0.2) is 12.1 Å². The summed E-state index contributed by atoms with van der Waals surface area (Å²) in [4.78, 5) is 12.1. The molecule has 2 fully saturated rings. The molecule has 3 rings (SSSR count). The van der Waals surface area contributed by atoms with E-state index in [1.54, 1.807) is 0 Å². The first-order valence-corrected chi connectivity index (χ1v) is 9.40. The summed E-state index contributed by atoms with van der Waals surface area (Å²) in [5.41, 5.74) is 2.33. The molecule has 2 aliphatic rings. The maximum atomic E-state index is 12.1. The molecule has 0 aromatic heterocycles. The second-order valence-electron chi connectivity index (χ2n) is 7.28. The van der Waals surface area contributed by atoms with Gasteiger partial charge in [-0.15, -0.1) is 0 Å². The Bertz CT molecular complexity index is 676. The van der Waals surface area contributed by atoms with Crippen molar-refractivity contribution in [3.63, 3.8) is 0 Å². The zero-order valence-corrected chi connectivity index (χ0v) is 15.5. The minimum absolute atomic E-state index is 0.0947. The summed E-state index contributed by atoms with van der Waals surface area (Å²) in [6.07, 6.45) is 7.65. The van der Waals surface area contributed by atoms with Gasteiger partial charge >= 0.3 is 0 Å². The van der Waals surface area contributed by atoms with Crippen molar-refractivity contribution in [2.75, 3.05) is 6.61 Å². The lowest BCUT2D eigenvalue weighted by atomic mass is 9.66. The van der Waals surface area contributed by atoms with E-state index < -0.39 is 0 Å². The van der Waals surface area contributed by atoms with E-state index >= 15 is 0 Å². The lowest BCUT2D eigenvalue weighted by Crippen LogP contribution is -2.47. The van der Waals surface area contributed by atoms with Crippen molar-refractivity contribution >= 4 is 5.78 Å². The number of rotatable bonds is 6. The van der Waals surface area contributed by atoms with E-state index in [0.717, 1.165) is 18.4 Å². The molecule has 3 heteroatoms. The molecule has 1 aliphatic carbocycles. The second-order valence-corrected chi connectivity index (χ2v) is 7.28. The standard InChI is InChI=1S/C23H28O3/c1-4-9-16(3)19-12-13-22-21(20(19)14-18(24)5-2)15-25-23(26-22)17-10-7-6-8-11-17/h4-11,19-23H,1-2,12-15H2,3H3/b16-9+/t19-,20-,21+,22-,23+/m1/s1. The fourth-order valence-corrected chi connectivity index (χ4v) is 4.41. The Balaban J connectivity index is 1.79. The van der Waals surface area contributed by atoms with Gasteiger partial charge in [0, 0.05) is 17.9 Å². The minimum Gasteiger partial charge on any atom is -0.348 e. The highest BCUT2D eigenvalue weighted by Gasteiger charge is 2.44. The third kappa shape index (κ3) is 4.05. The van der Waals surface area contributed by atoms with Gasteiger partial charge in [-0.1, -0.05) is 61.2 Å². The van der Waals surface area contributed by atoms with Crippen molar-refractivity contribution in [1.82, 2.24) is 0 Å². The van der Waals surface area contributed by atoms with Crippen LogP contribution in [-0.2, 0) is 14.3 Å². The molecule has 0 bridgehead atoms. The van der Waals surface area contributed by atoms with E-state index in [4.69, 9.17) is 9.47 Å². The summed E-state index contributed by atoms with van der Waals surface area (Å²) in [6.45, 7) is 10.2. The van der Waals surface area contributed by atoms with Gasteiger partial charge in [0.2, 0.25) is 0 Å². The zero-order chi connectivity index (χ0) is 18.5. The average molecular weight is 352 g/mol. The molecule has 0 spiro atoms. The third-order valence-corrected chi connectivity index (χ3v) is 5.75. The quantitative estimate of drug-likeness (QED) is 0.533. The number of fused-ring (bicyclic) bond motifs is 1. The molecule has 0 amide bonds. The molecule has 5 atom stereocenters. The van der Waals surface area contributed by atoms with Gasteiger partial charge in [-0.3, -0.25) is 4.79 Å². The van der Waals surface area contributed by atoms with Crippen molar-refractivity contribution < 1.29 is 14.3 Å². The Hall–Kier alpha value is -1.97. The predicted octanol–water partition coefficient (Wildman–Crippen LogP) is 5.02. The topological polar surface area (TPSA) is 35.5 Å². The van der Waals surface area contributed by atoms with E-state index in [2.05, 4.69) is 26.2 Å². The van der Waals surface area contributed by atoms with Crippen LogP contribution in [0.2, 0.25) is 0 Å². The predicted molar refractivity (Wildman–Crippen MR) is 103 cm³/mol. The highest BCUT2D eigenvalue weighted by molar-refractivity contribution is 5.89. The molecule has 1 saturated carbocycles. The molecule has 1 aromatic carbocycles. The number of ether oxygens (including phenoxy) is 2. The highest BCUT2D eigenvalue weighted by atomic mass is 16.7. The van der Waals surface area contributed by atoms with Crippen LogP contribution in [0.5, 0.6) is 0 Å². The van der Waals surface area contributed by atoms with Gasteiger partial charge < -0.3 is 9.47 Å². The van der Waals surface area contributed by atoms with Crippen LogP contribution in [0.15, 0.2) is 67.3 Å². The largest absolute Gasteiger partial charge is 0.348 e. The van der Waals surface area contributed by atoms with E-state index in [0.29, 0.717) is 18.9 Å². The van der Waals surface area contributed by atoms with Crippen LogP contribution in [-0.4, -0.2) is 18.5 Å². The first kappa shape index (κ1) is 18.8. The van der Waals surface area contributed by atoms with Crippen LogP contribution in [0.25, 0.3) is 0 Å². The van der Waals surface area contributed by atoms with Gasteiger partial charge in [-0.05, 0) is 37.7 Å². The first-order valence-electron chi connectivity index (χ1n) is 9.40. The number of hydrogen-bond acceptors (Lipinski definition) is 3. The lowest BCUT2D eigenvalue weighted by Gasteiger charge is -2.47. The molecule has 0 unspecified atom stereocenters. The second kappa shape index (κ2) is 8.61. The van der Waals surface area contributed by atoms with Gasteiger partial charge in [0.05, 0.1) is 12.7 Å². The number of ketones is 1. The maximum absolute atomic E-state index is 12.1. The van der Waals surface area contributed by atoms with Gasteiger partial charge in [0.25, 0.3) is 0 Å². The number of carbonyl (C=O) groups excluding carboxylic acids is 1. The van der Waals surface area contributed by atoms with Gasteiger partial charge in [-0.25, -0.2) is 0 Å². The summed E-state index contributed by atoms with van der Waals surface area (Å²) in [6, 6.07) is 10.1. The SMILES string of the molecule is C=C/C=C(\C)[C@H]1CC[C@H]2O[C@@H](c3ccccc3)OC[C@H]2[C@@H]1CC(=O)C=C. The van der Waals surface area contributed by atoms with Crippen LogP contribution in [0.4, 0.5) is 0 Å². The molecule has 1 saturated heterocycles. The molecular weight excluding hydrogens is 324 g/mol. The Morgan fingerprint density at radius 2 is 2.00 bits per heavy atom. The van der Waals surface area contributed by atoms with E-state index in [9.17, 15) is 4.79 Å². The fourth-order valence-electron chi connectivity index (χ4n) is 4.41. The molecule has 1 aromatic rings. The third-order valence-electron chi connectivity index (χ3n) is 5.75. The Labute approximate surface area is 156 Å². The van der Waals surface area contributed by atoms with Crippen molar-refractivity contribution in [2.24, 2.45) is 17.8 Å². The van der Waals surface area contributed by atoms with Crippen LogP contribution >= 0.6 is 0 Å². The van der Waals surface area contributed by atoms with E-state index in [-0.39, 0.29) is 30.0 Å². The molecule has 0 radical (unpaired) electrons. The molecule has 1 heterocycles. The van der Waals surface area contributed by atoms with E-state index in [1.807, 2.05) is 36.4 Å². The van der Waals surface area contributed by atoms with Gasteiger partial charge in [0.1, 0.15) is 0 Å². The number of allylic oxidation sites excluding steroid dienone is 4. The number of carbonyl (C=O) groups is 1. The molecule has 0 N–H and O–H groups in total. The first-order chi connectivity index (χ1) is 12.6. The smallest absolute Gasteiger partial charge is 0.184 e. The summed E-state index contributed by atoms with van der Waals surface area (Å²) >= 11 is 0. The maximum Gasteiger partial charge on any atom is 0.184 e. The minimum atomic E-state index is -0.311. The molecule has 26 heavy (non-hydrogen) atoms. The molecule has 3 nitrogen and oxygen atoms in total. The fraction of sp³-hybridized carbons (Fsp3) is 0.435. The van der Waals surface area contributed by atoms with Crippen LogP contribution in [0, 0.1) is 17.8 Å². The van der Waals surface area contributed by atoms with Crippen molar-refractivity contribution in [3.05, 3.63) is 72.9 Å². The number of hydrogen-bond donors (Lipinski definition) is 0. The van der Waals surface area contributed by atoms with Crippen LogP contribution in [0.1, 0.15) is 38.0 Å². The zero-order valence-electron chi connectivity index (χ0n) is 15.5. The Kier molecular flexibility index (Phi) is 6.23. The van der Waals surface area contributed by atoms with Gasteiger partial charge in [-0.2, -0.15) is 0 Å². The lowest BCUT2D eigenvalue weighted by molar-refractivity contribution is -0.260. The number of benzene rings is 1. The average Bonchev–Trinajstić information content (AvgIpc) is 2.68. The summed E-state index contributed by atoms with van der Waals surface area (Å²) in [5.74, 6) is 0.897. The monoisotopic (exact) mass is 352 g/mol. The summed E-state index contributed by atoms with van der Waals surface area (Å²) < 4.78 is 12.4. The van der Waals surface area contributed by atoms with Crippen LogP contribution in [0.3, 0.4) is 0 Å². The highest BCUT2D eigenvalue weighted by Crippen LogP contribution is 2.46. The van der Waals surface area contributed by atoms with Crippen LogP contribution < -0.4 is 0 Å². The molecule has 1 aliphatic heterocycles. The normalized spacial score (nSPS) is 31.7. The van der Waals surface area contributed by atoms with E-state index in [1.165, 1.54) is 11.6 Å². The summed E-state index contributed by atoms with van der Waals surface area (Å²) in [7, 11) is 0.